The molecule has 0 amide bonds. The summed E-state index contributed by atoms with van der Waals surface area (Å²) in [4.78, 5) is 4.26. The minimum atomic E-state index is 0.520. The normalized spacial score (nSPS) is 18.3. The van der Waals surface area contributed by atoms with Gasteiger partial charge in [0.25, 0.3) is 0 Å². The highest BCUT2D eigenvalue weighted by atomic mass is 16.5. The summed E-state index contributed by atoms with van der Waals surface area (Å²) >= 11 is 0. The highest BCUT2D eigenvalue weighted by Gasteiger charge is 2.34. The second-order valence-electron chi connectivity index (χ2n) is 6.03. The van der Waals surface area contributed by atoms with Gasteiger partial charge in [-0.25, -0.2) is 0 Å². The highest BCUT2D eigenvalue weighted by molar-refractivity contribution is 5.79. The van der Waals surface area contributed by atoms with E-state index < -0.39 is 0 Å². The molecule has 4 nitrogen and oxygen atoms in total. The SMILES string of the molecule is CCC1(CNC(=NC)NCCOCC(C)C)CCC1. The molecule has 0 unspecified atom stereocenters. The minimum absolute atomic E-state index is 0.520. The van der Waals surface area contributed by atoms with Gasteiger partial charge in [0.05, 0.1) is 6.61 Å². The Morgan fingerprint density at radius 1 is 1.32 bits per heavy atom. The molecule has 1 aliphatic rings. The molecule has 0 radical (unpaired) electrons. The molecule has 112 valence electrons. The Labute approximate surface area is 118 Å². The number of hydrogen-bond acceptors (Lipinski definition) is 2. The summed E-state index contributed by atoms with van der Waals surface area (Å²) in [6, 6.07) is 0. The molecule has 0 aliphatic heterocycles. The molecular formula is C15H31N3O. The van der Waals surface area contributed by atoms with Gasteiger partial charge in [0, 0.05) is 26.7 Å². The summed E-state index contributed by atoms with van der Waals surface area (Å²) in [6.45, 7) is 10.0. The molecule has 0 bridgehead atoms. The van der Waals surface area contributed by atoms with Crippen LogP contribution in [0.3, 0.4) is 0 Å². The van der Waals surface area contributed by atoms with Crippen LogP contribution in [-0.2, 0) is 4.74 Å². The smallest absolute Gasteiger partial charge is 0.191 e. The van der Waals surface area contributed by atoms with Gasteiger partial charge in [-0.1, -0.05) is 27.2 Å². The monoisotopic (exact) mass is 269 g/mol. The fourth-order valence-corrected chi connectivity index (χ4v) is 2.38. The molecule has 0 aromatic heterocycles. The molecule has 1 rings (SSSR count). The third kappa shape index (κ3) is 5.81. The van der Waals surface area contributed by atoms with E-state index in [1.165, 1.54) is 25.7 Å². The van der Waals surface area contributed by atoms with Crippen LogP contribution in [0.2, 0.25) is 0 Å². The first-order valence-corrected chi connectivity index (χ1v) is 7.64. The zero-order valence-corrected chi connectivity index (χ0v) is 13.1. The van der Waals surface area contributed by atoms with Crippen molar-refractivity contribution in [1.29, 1.82) is 0 Å². The third-order valence-electron chi connectivity index (χ3n) is 4.01. The van der Waals surface area contributed by atoms with Gasteiger partial charge < -0.3 is 15.4 Å². The zero-order valence-electron chi connectivity index (χ0n) is 13.1. The maximum atomic E-state index is 5.54. The average Bonchev–Trinajstić information content (AvgIpc) is 2.34. The van der Waals surface area contributed by atoms with Gasteiger partial charge in [-0.05, 0) is 30.6 Å². The summed E-state index contributed by atoms with van der Waals surface area (Å²) in [5.41, 5.74) is 0.520. The van der Waals surface area contributed by atoms with Crippen LogP contribution in [0.25, 0.3) is 0 Å². The van der Waals surface area contributed by atoms with Crippen molar-refractivity contribution in [3.8, 4) is 0 Å². The molecule has 0 spiro atoms. The first kappa shape index (κ1) is 16.3. The third-order valence-corrected chi connectivity index (χ3v) is 4.01. The second-order valence-corrected chi connectivity index (χ2v) is 6.03. The van der Waals surface area contributed by atoms with Gasteiger partial charge in [0.15, 0.2) is 5.96 Å². The van der Waals surface area contributed by atoms with Crippen LogP contribution in [0.5, 0.6) is 0 Å². The van der Waals surface area contributed by atoms with Crippen molar-refractivity contribution in [2.45, 2.75) is 46.5 Å². The zero-order chi connectivity index (χ0) is 14.1. The Balaban J connectivity index is 2.12. The highest BCUT2D eigenvalue weighted by Crippen LogP contribution is 2.42. The van der Waals surface area contributed by atoms with Gasteiger partial charge in [-0.2, -0.15) is 0 Å². The van der Waals surface area contributed by atoms with Crippen LogP contribution in [0.15, 0.2) is 4.99 Å². The molecule has 1 fully saturated rings. The maximum absolute atomic E-state index is 5.54. The van der Waals surface area contributed by atoms with E-state index in [0.717, 1.165) is 32.3 Å². The number of guanidine groups is 1. The van der Waals surface area contributed by atoms with Crippen molar-refractivity contribution >= 4 is 5.96 Å². The summed E-state index contributed by atoms with van der Waals surface area (Å²) < 4.78 is 5.54. The number of ether oxygens (including phenoxy) is 1. The first-order valence-electron chi connectivity index (χ1n) is 7.64. The molecule has 1 saturated carbocycles. The van der Waals surface area contributed by atoms with E-state index in [1.54, 1.807) is 0 Å². The van der Waals surface area contributed by atoms with Gasteiger partial charge in [0.1, 0.15) is 0 Å². The fourth-order valence-electron chi connectivity index (χ4n) is 2.38. The Morgan fingerprint density at radius 3 is 2.53 bits per heavy atom. The van der Waals surface area contributed by atoms with E-state index in [0.29, 0.717) is 11.3 Å². The molecule has 0 atom stereocenters. The van der Waals surface area contributed by atoms with Gasteiger partial charge in [0.2, 0.25) is 0 Å². The lowest BCUT2D eigenvalue weighted by Gasteiger charge is -2.41. The van der Waals surface area contributed by atoms with Crippen molar-refractivity contribution in [3.63, 3.8) is 0 Å². The lowest BCUT2D eigenvalue weighted by Crippen LogP contribution is -2.46. The van der Waals surface area contributed by atoms with E-state index in [2.05, 4.69) is 36.4 Å². The van der Waals surface area contributed by atoms with Crippen molar-refractivity contribution in [2.24, 2.45) is 16.3 Å². The largest absolute Gasteiger partial charge is 0.379 e. The first-order chi connectivity index (χ1) is 9.12. The number of nitrogens with zero attached hydrogens (tertiary/aromatic N) is 1. The number of nitrogens with one attached hydrogen (secondary N) is 2. The number of hydrogen-bond donors (Lipinski definition) is 2. The molecule has 19 heavy (non-hydrogen) atoms. The lowest BCUT2D eigenvalue weighted by molar-refractivity contribution is 0.113. The van der Waals surface area contributed by atoms with E-state index in [1.807, 2.05) is 7.05 Å². The Hall–Kier alpha value is -0.770. The Bertz CT molecular complexity index is 267. The molecule has 0 aromatic rings. The fraction of sp³-hybridized carbons (Fsp3) is 0.933. The number of aliphatic imine (C=N–C) groups is 1. The quantitative estimate of drug-likeness (QED) is 0.404. The minimum Gasteiger partial charge on any atom is -0.379 e. The van der Waals surface area contributed by atoms with Crippen LogP contribution in [-0.4, -0.2) is 39.3 Å². The summed E-state index contributed by atoms with van der Waals surface area (Å²) in [5.74, 6) is 1.49. The second kappa shape index (κ2) is 8.41. The van der Waals surface area contributed by atoms with Crippen LogP contribution < -0.4 is 10.6 Å². The van der Waals surface area contributed by atoms with Gasteiger partial charge >= 0.3 is 0 Å². The summed E-state index contributed by atoms with van der Waals surface area (Å²) in [7, 11) is 1.82. The molecule has 1 aliphatic carbocycles. The van der Waals surface area contributed by atoms with Crippen LogP contribution in [0.4, 0.5) is 0 Å². The van der Waals surface area contributed by atoms with Crippen molar-refractivity contribution in [2.75, 3.05) is 33.4 Å². The van der Waals surface area contributed by atoms with E-state index in [4.69, 9.17) is 4.74 Å². The standard InChI is InChI=1S/C15H31N3O/c1-5-15(7-6-8-15)12-18-14(16-4)17-9-10-19-11-13(2)3/h13H,5-12H2,1-4H3,(H2,16,17,18). The van der Waals surface area contributed by atoms with Crippen molar-refractivity contribution in [3.05, 3.63) is 0 Å². The van der Waals surface area contributed by atoms with Crippen LogP contribution >= 0.6 is 0 Å². The van der Waals surface area contributed by atoms with E-state index >= 15 is 0 Å². The van der Waals surface area contributed by atoms with Gasteiger partial charge in [-0.3, -0.25) is 4.99 Å². The van der Waals surface area contributed by atoms with Crippen molar-refractivity contribution in [1.82, 2.24) is 10.6 Å². The van der Waals surface area contributed by atoms with Crippen LogP contribution in [0, 0.1) is 11.3 Å². The van der Waals surface area contributed by atoms with Crippen LogP contribution in [0.1, 0.15) is 46.5 Å². The van der Waals surface area contributed by atoms with E-state index in [-0.39, 0.29) is 0 Å². The average molecular weight is 269 g/mol. The topological polar surface area (TPSA) is 45.7 Å². The molecule has 2 N–H and O–H groups in total. The molecular weight excluding hydrogens is 238 g/mol. The summed E-state index contributed by atoms with van der Waals surface area (Å²) in [6.07, 6.45) is 5.34. The van der Waals surface area contributed by atoms with Crippen molar-refractivity contribution < 1.29 is 4.74 Å². The Morgan fingerprint density at radius 2 is 2.05 bits per heavy atom. The summed E-state index contributed by atoms with van der Waals surface area (Å²) in [5, 5.41) is 6.75. The molecule has 0 saturated heterocycles. The predicted octanol–water partition coefficient (Wildman–Crippen LogP) is 2.40. The Kier molecular flexibility index (Phi) is 7.21. The maximum Gasteiger partial charge on any atom is 0.191 e. The molecule has 4 heteroatoms. The lowest BCUT2D eigenvalue weighted by atomic mass is 9.67. The van der Waals surface area contributed by atoms with E-state index in [9.17, 15) is 0 Å². The number of rotatable bonds is 8. The molecule has 0 heterocycles. The van der Waals surface area contributed by atoms with Gasteiger partial charge in [-0.15, -0.1) is 0 Å². The molecule has 0 aromatic carbocycles. The predicted molar refractivity (Wildman–Crippen MR) is 81.6 cm³/mol.